The summed E-state index contributed by atoms with van der Waals surface area (Å²) in [5.74, 6) is 0.736. The predicted molar refractivity (Wildman–Crippen MR) is 74.4 cm³/mol. The van der Waals surface area contributed by atoms with E-state index in [0.29, 0.717) is 0 Å². The second-order valence-corrected chi connectivity index (χ2v) is 5.19. The van der Waals surface area contributed by atoms with Gasteiger partial charge < -0.3 is 5.73 Å². The molecule has 0 amide bonds. The predicted octanol–water partition coefficient (Wildman–Crippen LogP) is 2.74. The number of rotatable bonds is 2. The zero-order valence-corrected chi connectivity index (χ0v) is 11.5. The summed E-state index contributed by atoms with van der Waals surface area (Å²) in [6, 6.07) is 6.50. The molecule has 0 bridgehead atoms. The first-order valence-corrected chi connectivity index (χ1v) is 6.18. The number of nitrogens with zero attached hydrogens (tertiary/aromatic N) is 2. The minimum Gasteiger partial charge on any atom is -0.383 e. The van der Waals surface area contributed by atoms with Crippen LogP contribution in [-0.2, 0) is 6.54 Å². The van der Waals surface area contributed by atoms with Crippen LogP contribution in [0.25, 0.3) is 0 Å². The lowest BCUT2D eigenvalue weighted by Gasteiger charge is -2.07. The minimum atomic E-state index is 0.733. The Bertz CT molecular complexity index is 497. The van der Waals surface area contributed by atoms with E-state index in [1.54, 1.807) is 6.20 Å². The molecule has 2 rings (SSSR count). The van der Waals surface area contributed by atoms with Crippen molar-refractivity contribution in [2.75, 3.05) is 5.73 Å². The molecule has 0 atom stereocenters. The zero-order chi connectivity index (χ0) is 11.7. The van der Waals surface area contributed by atoms with E-state index < -0.39 is 0 Å². The van der Waals surface area contributed by atoms with Crippen molar-refractivity contribution in [1.29, 1.82) is 0 Å². The van der Waals surface area contributed by atoms with Gasteiger partial charge in [0.25, 0.3) is 0 Å². The molecule has 0 fully saturated rings. The molecular formula is C12H14IN3. The lowest BCUT2D eigenvalue weighted by Crippen LogP contribution is -2.06. The second kappa shape index (κ2) is 4.45. The van der Waals surface area contributed by atoms with Gasteiger partial charge in [0.05, 0.1) is 16.3 Å². The molecule has 0 unspecified atom stereocenters. The quantitative estimate of drug-likeness (QED) is 0.862. The van der Waals surface area contributed by atoms with E-state index in [2.05, 4.69) is 59.7 Å². The highest BCUT2D eigenvalue weighted by molar-refractivity contribution is 14.1. The molecule has 0 aliphatic carbocycles. The topological polar surface area (TPSA) is 43.8 Å². The van der Waals surface area contributed by atoms with Crippen LogP contribution in [0.1, 0.15) is 16.7 Å². The maximum atomic E-state index is 5.92. The summed E-state index contributed by atoms with van der Waals surface area (Å²) in [5, 5.41) is 4.25. The number of nitrogens with two attached hydrogens (primary N) is 1. The first-order chi connectivity index (χ1) is 7.56. The number of hydrogen-bond donors (Lipinski definition) is 1. The van der Waals surface area contributed by atoms with Crippen LogP contribution in [0.3, 0.4) is 0 Å². The van der Waals surface area contributed by atoms with E-state index in [4.69, 9.17) is 5.73 Å². The largest absolute Gasteiger partial charge is 0.383 e. The van der Waals surface area contributed by atoms with Gasteiger partial charge in [-0.1, -0.05) is 29.3 Å². The van der Waals surface area contributed by atoms with Crippen molar-refractivity contribution < 1.29 is 0 Å². The fraction of sp³-hybridized carbons (Fsp3) is 0.250. The minimum absolute atomic E-state index is 0.733. The molecule has 4 heteroatoms. The van der Waals surface area contributed by atoms with Crippen molar-refractivity contribution in [3.63, 3.8) is 0 Å². The van der Waals surface area contributed by atoms with Gasteiger partial charge in [-0.05, 0) is 42.0 Å². The van der Waals surface area contributed by atoms with E-state index in [-0.39, 0.29) is 0 Å². The highest BCUT2D eigenvalue weighted by Crippen LogP contribution is 2.16. The van der Waals surface area contributed by atoms with Crippen LogP contribution in [0.2, 0.25) is 0 Å². The third kappa shape index (κ3) is 2.37. The normalized spacial score (nSPS) is 10.7. The summed E-state index contributed by atoms with van der Waals surface area (Å²) in [6.45, 7) is 4.94. The smallest absolute Gasteiger partial charge is 0.135 e. The van der Waals surface area contributed by atoms with Crippen molar-refractivity contribution in [1.82, 2.24) is 9.78 Å². The van der Waals surface area contributed by atoms with Gasteiger partial charge >= 0.3 is 0 Å². The SMILES string of the molecule is Cc1cc(C)cc(Cn2ncc(I)c2N)c1. The molecule has 3 nitrogen and oxygen atoms in total. The van der Waals surface area contributed by atoms with Crippen LogP contribution in [0, 0.1) is 17.4 Å². The maximum absolute atomic E-state index is 5.92. The fourth-order valence-corrected chi connectivity index (χ4v) is 2.23. The first-order valence-electron chi connectivity index (χ1n) is 5.10. The summed E-state index contributed by atoms with van der Waals surface area (Å²) in [5.41, 5.74) is 9.71. The summed E-state index contributed by atoms with van der Waals surface area (Å²) >= 11 is 2.19. The van der Waals surface area contributed by atoms with Gasteiger partial charge in [-0.25, -0.2) is 4.68 Å². The van der Waals surface area contributed by atoms with Crippen molar-refractivity contribution in [3.05, 3.63) is 44.7 Å². The number of benzene rings is 1. The third-order valence-electron chi connectivity index (χ3n) is 2.45. The van der Waals surface area contributed by atoms with Crippen LogP contribution in [0.15, 0.2) is 24.4 Å². The number of aromatic nitrogens is 2. The van der Waals surface area contributed by atoms with Crippen LogP contribution in [-0.4, -0.2) is 9.78 Å². The van der Waals surface area contributed by atoms with Gasteiger partial charge in [0, 0.05) is 0 Å². The Balaban J connectivity index is 2.30. The fourth-order valence-electron chi connectivity index (χ4n) is 1.83. The highest BCUT2D eigenvalue weighted by Gasteiger charge is 2.05. The monoisotopic (exact) mass is 327 g/mol. The van der Waals surface area contributed by atoms with Crippen LogP contribution in [0.4, 0.5) is 5.82 Å². The highest BCUT2D eigenvalue weighted by atomic mass is 127. The molecule has 1 heterocycles. The van der Waals surface area contributed by atoms with Gasteiger partial charge in [-0.3, -0.25) is 0 Å². The van der Waals surface area contributed by atoms with E-state index >= 15 is 0 Å². The zero-order valence-electron chi connectivity index (χ0n) is 9.37. The van der Waals surface area contributed by atoms with Gasteiger partial charge in [0.2, 0.25) is 0 Å². The van der Waals surface area contributed by atoms with Crippen molar-refractivity contribution >= 4 is 28.4 Å². The molecule has 0 saturated heterocycles. The van der Waals surface area contributed by atoms with E-state index in [1.807, 2.05) is 4.68 Å². The Morgan fingerprint density at radius 3 is 2.38 bits per heavy atom. The molecule has 0 saturated carbocycles. The second-order valence-electron chi connectivity index (χ2n) is 4.03. The Labute approximate surface area is 109 Å². The molecule has 0 aliphatic rings. The van der Waals surface area contributed by atoms with Crippen molar-refractivity contribution in [2.24, 2.45) is 0 Å². The summed E-state index contributed by atoms with van der Waals surface area (Å²) < 4.78 is 2.83. The molecule has 84 valence electrons. The summed E-state index contributed by atoms with van der Waals surface area (Å²) in [7, 11) is 0. The van der Waals surface area contributed by atoms with E-state index in [1.165, 1.54) is 16.7 Å². The Morgan fingerprint density at radius 1 is 1.25 bits per heavy atom. The number of aryl methyl sites for hydroxylation is 2. The number of anilines is 1. The molecule has 0 aliphatic heterocycles. The van der Waals surface area contributed by atoms with Crippen LogP contribution < -0.4 is 5.73 Å². The van der Waals surface area contributed by atoms with Crippen molar-refractivity contribution in [2.45, 2.75) is 20.4 Å². The Kier molecular flexibility index (Phi) is 3.18. The molecule has 2 aromatic rings. The molecular weight excluding hydrogens is 313 g/mol. The molecule has 1 aromatic carbocycles. The van der Waals surface area contributed by atoms with E-state index in [0.717, 1.165) is 15.9 Å². The van der Waals surface area contributed by atoms with Gasteiger partial charge in [-0.15, -0.1) is 0 Å². The van der Waals surface area contributed by atoms with Gasteiger partial charge in [0.1, 0.15) is 5.82 Å². The lowest BCUT2D eigenvalue weighted by atomic mass is 10.1. The molecule has 0 radical (unpaired) electrons. The first kappa shape index (κ1) is 11.4. The third-order valence-corrected chi connectivity index (χ3v) is 3.28. The molecule has 2 N–H and O–H groups in total. The number of nitrogen functional groups attached to an aromatic ring is 1. The Hall–Kier alpha value is -1.04. The maximum Gasteiger partial charge on any atom is 0.135 e. The standard InChI is InChI=1S/C12H14IN3/c1-8-3-9(2)5-10(4-8)7-16-12(14)11(13)6-15-16/h3-6H,7,14H2,1-2H3. The Morgan fingerprint density at radius 2 is 1.88 bits per heavy atom. The summed E-state index contributed by atoms with van der Waals surface area (Å²) in [4.78, 5) is 0. The van der Waals surface area contributed by atoms with Crippen molar-refractivity contribution in [3.8, 4) is 0 Å². The summed E-state index contributed by atoms with van der Waals surface area (Å²) in [6.07, 6.45) is 1.79. The van der Waals surface area contributed by atoms with Gasteiger partial charge in [-0.2, -0.15) is 5.10 Å². The number of hydrogen-bond acceptors (Lipinski definition) is 2. The van der Waals surface area contributed by atoms with E-state index in [9.17, 15) is 0 Å². The van der Waals surface area contributed by atoms with Gasteiger partial charge in [0.15, 0.2) is 0 Å². The number of halogens is 1. The average molecular weight is 327 g/mol. The molecule has 16 heavy (non-hydrogen) atoms. The van der Waals surface area contributed by atoms with Crippen LogP contribution in [0.5, 0.6) is 0 Å². The molecule has 0 spiro atoms. The lowest BCUT2D eigenvalue weighted by molar-refractivity contribution is 0.696. The van der Waals surface area contributed by atoms with Crippen LogP contribution >= 0.6 is 22.6 Å². The average Bonchev–Trinajstić information content (AvgIpc) is 2.48. The molecule has 1 aromatic heterocycles.